The fourth-order valence-corrected chi connectivity index (χ4v) is 2.77. The highest BCUT2D eigenvalue weighted by molar-refractivity contribution is 7.80. The SMILES string of the molecule is C/C(=N\NC(=S)NC(C)(C)C)c1ccc(Oc2ncc([N+](=O)[O-])s2)cc1. The molecule has 0 bridgehead atoms. The lowest BCUT2D eigenvalue weighted by molar-refractivity contribution is -0.380. The van der Waals surface area contributed by atoms with Gasteiger partial charge >= 0.3 is 5.00 Å². The molecule has 2 N–H and O–H groups in total. The van der Waals surface area contributed by atoms with Crippen molar-refractivity contribution in [1.29, 1.82) is 0 Å². The Labute approximate surface area is 160 Å². The van der Waals surface area contributed by atoms with Gasteiger partial charge in [0.2, 0.25) is 0 Å². The highest BCUT2D eigenvalue weighted by Gasteiger charge is 2.13. The predicted octanol–water partition coefficient (Wildman–Crippen LogP) is 3.83. The van der Waals surface area contributed by atoms with Crippen molar-refractivity contribution in [3.05, 3.63) is 46.1 Å². The van der Waals surface area contributed by atoms with Crippen molar-refractivity contribution in [3.63, 3.8) is 0 Å². The van der Waals surface area contributed by atoms with Crippen LogP contribution in [-0.4, -0.2) is 26.3 Å². The molecule has 0 amide bonds. The molecule has 0 aliphatic carbocycles. The molecule has 0 aliphatic rings. The van der Waals surface area contributed by atoms with Gasteiger partial charge in [0.05, 0.1) is 10.6 Å². The van der Waals surface area contributed by atoms with Crippen LogP contribution in [-0.2, 0) is 0 Å². The minimum Gasteiger partial charge on any atom is -0.431 e. The van der Waals surface area contributed by atoms with E-state index in [1.165, 1.54) is 6.20 Å². The molecule has 0 atom stereocenters. The van der Waals surface area contributed by atoms with E-state index >= 15 is 0 Å². The van der Waals surface area contributed by atoms with Gasteiger partial charge in [-0.2, -0.15) is 5.10 Å². The second-order valence-electron chi connectivity index (χ2n) is 6.36. The third-order valence-corrected chi connectivity index (χ3v) is 3.96. The number of hydrazone groups is 1. The maximum Gasteiger partial charge on any atom is 0.347 e. The van der Waals surface area contributed by atoms with E-state index in [1.54, 1.807) is 12.1 Å². The average molecular weight is 393 g/mol. The Balaban J connectivity index is 1.98. The van der Waals surface area contributed by atoms with E-state index in [4.69, 9.17) is 17.0 Å². The number of aromatic nitrogens is 1. The van der Waals surface area contributed by atoms with Crippen molar-refractivity contribution in [2.45, 2.75) is 33.2 Å². The summed E-state index contributed by atoms with van der Waals surface area (Å²) < 4.78 is 5.51. The van der Waals surface area contributed by atoms with Crippen LogP contribution in [0, 0.1) is 10.1 Å². The summed E-state index contributed by atoms with van der Waals surface area (Å²) in [7, 11) is 0. The van der Waals surface area contributed by atoms with Crippen LogP contribution in [0.25, 0.3) is 0 Å². The molecule has 138 valence electrons. The van der Waals surface area contributed by atoms with Gasteiger partial charge in [0.15, 0.2) is 5.11 Å². The monoisotopic (exact) mass is 393 g/mol. The topological polar surface area (TPSA) is 102 Å². The zero-order chi connectivity index (χ0) is 19.3. The number of nitrogens with one attached hydrogen (secondary N) is 2. The van der Waals surface area contributed by atoms with Crippen LogP contribution in [0.1, 0.15) is 33.3 Å². The summed E-state index contributed by atoms with van der Waals surface area (Å²) in [6.45, 7) is 7.88. The first-order valence-electron chi connectivity index (χ1n) is 7.65. The largest absolute Gasteiger partial charge is 0.431 e. The van der Waals surface area contributed by atoms with Gasteiger partial charge in [-0.05, 0) is 81.1 Å². The third kappa shape index (κ3) is 6.05. The first kappa shape index (κ1) is 19.7. The van der Waals surface area contributed by atoms with E-state index in [-0.39, 0.29) is 15.7 Å². The minimum absolute atomic E-state index is 0.0643. The Bertz CT molecular complexity index is 825. The van der Waals surface area contributed by atoms with E-state index < -0.39 is 4.92 Å². The second kappa shape index (κ2) is 8.19. The van der Waals surface area contributed by atoms with E-state index in [0.29, 0.717) is 10.9 Å². The van der Waals surface area contributed by atoms with Crippen molar-refractivity contribution in [1.82, 2.24) is 15.7 Å². The number of benzene rings is 1. The van der Waals surface area contributed by atoms with E-state index in [2.05, 4.69) is 20.8 Å². The quantitative estimate of drug-likeness (QED) is 0.344. The maximum atomic E-state index is 10.7. The molecule has 0 saturated carbocycles. The lowest BCUT2D eigenvalue weighted by atomic mass is 10.1. The van der Waals surface area contributed by atoms with Crippen LogP contribution in [0.3, 0.4) is 0 Å². The van der Waals surface area contributed by atoms with Gasteiger partial charge in [-0.3, -0.25) is 15.5 Å². The summed E-state index contributed by atoms with van der Waals surface area (Å²) in [4.78, 5) is 14.0. The molecule has 1 aromatic carbocycles. The number of hydrogen-bond acceptors (Lipinski definition) is 7. The number of nitro groups is 1. The molecule has 2 aromatic rings. The summed E-state index contributed by atoms with van der Waals surface area (Å²) in [6, 6.07) is 7.15. The summed E-state index contributed by atoms with van der Waals surface area (Å²) in [5.74, 6) is 0.531. The van der Waals surface area contributed by atoms with E-state index in [1.807, 2.05) is 39.8 Å². The standard InChI is InChI=1S/C16H19N5O3S2/c1-10(19-20-14(25)18-16(2,3)4)11-5-7-12(8-6-11)24-15-17-9-13(26-15)21(22)23/h5-9H,1-4H3,(H2,18,20,25)/b19-10+. The molecule has 0 radical (unpaired) electrons. The molecular formula is C16H19N5O3S2. The molecule has 8 nitrogen and oxygen atoms in total. The second-order valence-corrected chi connectivity index (χ2v) is 7.74. The van der Waals surface area contributed by atoms with Crippen molar-refractivity contribution >= 4 is 39.4 Å². The van der Waals surface area contributed by atoms with Gasteiger partial charge in [0.25, 0.3) is 5.19 Å². The Kier molecular flexibility index (Phi) is 6.22. The van der Waals surface area contributed by atoms with Crippen molar-refractivity contribution in [2.24, 2.45) is 5.10 Å². The molecule has 0 fully saturated rings. The molecule has 1 heterocycles. The first-order chi connectivity index (χ1) is 12.1. The number of rotatable bonds is 5. The van der Waals surface area contributed by atoms with E-state index in [9.17, 15) is 10.1 Å². The van der Waals surface area contributed by atoms with Crippen LogP contribution in [0.2, 0.25) is 0 Å². The fraction of sp³-hybridized carbons (Fsp3) is 0.312. The maximum absolute atomic E-state index is 10.7. The van der Waals surface area contributed by atoms with Gasteiger partial charge in [0.1, 0.15) is 11.9 Å². The molecule has 1 aromatic heterocycles. The van der Waals surface area contributed by atoms with Crippen LogP contribution in [0.15, 0.2) is 35.6 Å². The van der Waals surface area contributed by atoms with Crippen LogP contribution in [0.4, 0.5) is 5.00 Å². The van der Waals surface area contributed by atoms with Crippen LogP contribution >= 0.6 is 23.6 Å². The van der Waals surface area contributed by atoms with Gasteiger partial charge in [0, 0.05) is 5.54 Å². The minimum atomic E-state index is -0.501. The lowest BCUT2D eigenvalue weighted by Gasteiger charge is -2.21. The molecule has 10 heteroatoms. The molecule has 0 aliphatic heterocycles. The molecular weight excluding hydrogens is 374 g/mol. The number of nitrogens with zero attached hydrogens (tertiary/aromatic N) is 3. The zero-order valence-corrected chi connectivity index (χ0v) is 16.4. The highest BCUT2D eigenvalue weighted by Crippen LogP contribution is 2.30. The predicted molar refractivity (Wildman–Crippen MR) is 106 cm³/mol. The summed E-state index contributed by atoms with van der Waals surface area (Å²) in [6.07, 6.45) is 1.17. The fourth-order valence-electron chi connectivity index (χ4n) is 1.81. The Hall–Kier alpha value is -2.59. The van der Waals surface area contributed by atoms with Crippen LogP contribution in [0.5, 0.6) is 10.9 Å². The number of thiocarbonyl (C=S) groups is 1. The van der Waals surface area contributed by atoms with E-state index in [0.717, 1.165) is 22.6 Å². The number of hydrogen-bond donors (Lipinski definition) is 2. The normalized spacial score (nSPS) is 11.8. The summed E-state index contributed by atoms with van der Waals surface area (Å²) in [5, 5.41) is 18.6. The molecule has 26 heavy (non-hydrogen) atoms. The first-order valence-corrected chi connectivity index (χ1v) is 8.87. The van der Waals surface area contributed by atoms with Gasteiger partial charge < -0.3 is 10.1 Å². The lowest BCUT2D eigenvalue weighted by Crippen LogP contribution is -2.44. The molecule has 0 saturated heterocycles. The Morgan fingerprint density at radius 3 is 2.54 bits per heavy atom. The molecule has 2 rings (SSSR count). The van der Waals surface area contributed by atoms with Crippen molar-refractivity contribution in [3.8, 4) is 10.9 Å². The van der Waals surface area contributed by atoms with Crippen molar-refractivity contribution in [2.75, 3.05) is 0 Å². The smallest absolute Gasteiger partial charge is 0.347 e. The number of thiazole rings is 1. The summed E-state index contributed by atoms with van der Waals surface area (Å²) >= 11 is 6.06. The Morgan fingerprint density at radius 1 is 1.35 bits per heavy atom. The molecule has 0 spiro atoms. The van der Waals surface area contributed by atoms with Gasteiger partial charge in [-0.15, -0.1) is 0 Å². The third-order valence-electron chi connectivity index (χ3n) is 2.94. The van der Waals surface area contributed by atoms with Gasteiger partial charge in [-0.1, -0.05) is 0 Å². The number of ether oxygens (including phenoxy) is 1. The molecule has 0 unspecified atom stereocenters. The Morgan fingerprint density at radius 2 is 2.00 bits per heavy atom. The average Bonchev–Trinajstić information content (AvgIpc) is 3.00. The summed E-state index contributed by atoms with van der Waals surface area (Å²) in [5.41, 5.74) is 4.30. The van der Waals surface area contributed by atoms with Gasteiger partial charge in [-0.25, -0.2) is 4.98 Å². The van der Waals surface area contributed by atoms with Crippen LogP contribution < -0.4 is 15.5 Å². The zero-order valence-electron chi connectivity index (χ0n) is 14.8. The highest BCUT2D eigenvalue weighted by atomic mass is 32.1. The van der Waals surface area contributed by atoms with Crippen molar-refractivity contribution < 1.29 is 9.66 Å².